The Kier molecular flexibility index (Phi) is 4.17. The number of rotatable bonds is 3. The van der Waals surface area contributed by atoms with Crippen molar-refractivity contribution in [2.45, 2.75) is 17.7 Å². The number of sulfonamides is 1. The Morgan fingerprint density at radius 2 is 1.95 bits per heavy atom. The number of hydrogen-bond acceptors (Lipinski definition) is 5. The van der Waals surface area contributed by atoms with Crippen LogP contribution in [0.2, 0.25) is 0 Å². The van der Waals surface area contributed by atoms with Crippen molar-refractivity contribution in [2.75, 3.05) is 45.1 Å². The normalized spacial score (nSPS) is 20.8. The summed E-state index contributed by atoms with van der Waals surface area (Å²) in [5.74, 6) is 0. The van der Waals surface area contributed by atoms with E-state index in [9.17, 15) is 8.42 Å². The minimum Gasteiger partial charge on any atom is -0.385 e. The van der Waals surface area contributed by atoms with E-state index in [1.807, 2.05) is 13.1 Å². The molecule has 0 bridgehead atoms. The topological polar surface area (TPSA) is 64.7 Å². The van der Waals surface area contributed by atoms with Gasteiger partial charge >= 0.3 is 0 Å². The van der Waals surface area contributed by atoms with E-state index in [2.05, 4.69) is 15.0 Å². The van der Waals surface area contributed by atoms with Crippen LogP contribution in [0.4, 0.5) is 5.69 Å². The van der Waals surface area contributed by atoms with E-state index in [1.54, 1.807) is 17.1 Å². The quantitative estimate of drug-likeness (QED) is 0.850. The first-order valence-electron chi connectivity index (χ1n) is 7.37. The Morgan fingerprint density at radius 3 is 2.71 bits per heavy atom. The highest BCUT2D eigenvalue weighted by Gasteiger charge is 2.22. The molecule has 21 heavy (non-hydrogen) atoms. The third-order valence-electron chi connectivity index (χ3n) is 4.08. The van der Waals surface area contributed by atoms with Crippen molar-refractivity contribution in [1.29, 1.82) is 0 Å². The Labute approximate surface area is 126 Å². The highest BCUT2D eigenvalue weighted by Crippen LogP contribution is 2.24. The van der Waals surface area contributed by atoms with E-state index < -0.39 is 10.0 Å². The number of fused-ring (bicyclic) bond motifs is 1. The maximum atomic E-state index is 12.5. The second kappa shape index (κ2) is 5.92. The summed E-state index contributed by atoms with van der Waals surface area (Å²) in [4.78, 5) is 5.24. The van der Waals surface area contributed by atoms with E-state index in [0.717, 1.165) is 43.7 Å². The summed E-state index contributed by atoms with van der Waals surface area (Å²) >= 11 is 0. The maximum Gasteiger partial charge on any atom is 0.253 e. The summed E-state index contributed by atoms with van der Waals surface area (Å²) < 4.78 is 25.0. The van der Waals surface area contributed by atoms with Crippen LogP contribution in [-0.2, 0) is 16.4 Å². The average molecular weight is 310 g/mol. The average Bonchev–Trinajstić information content (AvgIpc) is 2.49. The number of anilines is 1. The van der Waals surface area contributed by atoms with E-state index in [1.165, 1.54) is 0 Å². The zero-order valence-electron chi connectivity index (χ0n) is 12.3. The molecule has 116 valence electrons. The van der Waals surface area contributed by atoms with Gasteiger partial charge in [-0.3, -0.25) is 0 Å². The summed E-state index contributed by atoms with van der Waals surface area (Å²) in [6, 6.07) is 5.34. The van der Waals surface area contributed by atoms with Crippen LogP contribution < -0.4 is 10.1 Å². The molecule has 7 heteroatoms. The number of nitrogens with one attached hydrogen (secondary N) is 2. The first-order chi connectivity index (χ1) is 10.0. The molecule has 2 aliphatic heterocycles. The number of benzene rings is 1. The fourth-order valence-corrected chi connectivity index (χ4v) is 3.91. The highest BCUT2D eigenvalue weighted by atomic mass is 32.2. The monoisotopic (exact) mass is 310 g/mol. The molecular weight excluding hydrogens is 288 g/mol. The molecule has 0 saturated carbocycles. The van der Waals surface area contributed by atoms with Crippen LogP contribution in [0.25, 0.3) is 0 Å². The summed E-state index contributed by atoms with van der Waals surface area (Å²) in [5.41, 5.74) is 2.14. The number of hydrogen-bond donors (Lipinski definition) is 2. The smallest absolute Gasteiger partial charge is 0.253 e. The van der Waals surface area contributed by atoms with Gasteiger partial charge in [0, 0.05) is 38.4 Å². The molecule has 0 aliphatic carbocycles. The summed E-state index contributed by atoms with van der Waals surface area (Å²) in [7, 11) is -1.44. The first-order valence-corrected chi connectivity index (χ1v) is 8.86. The summed E-state index contributed by atoms with van der Waals surface area (Å²) in [5, 5.41) is 5.08. The Bertz CT molecular complexity index is 609. The maximum absolute atomic E-state index is 12.5. The molecule has 0 atom stereocenters. The largest absolute Gasteiger partial charge is 0.385 e. The molecule has 1 aromatic rings. The fourth-order valence-electron chi connectivity index (χ4n) is 2.74. The van der Waals surface area contributed by atoms with Gasteiger partial charge in [0.15, 0.2) is 0 Å². The van der Waals surface area contributed by atoms with Gasteiger partial charge in [-0.1, -0.05) is 0 Å². The molecule has 1 fully saturated rings. The molecule has 1 saturated heterocycles. The first kappa shape index (κ1) is 14.8. The molecule has 2 N–H and O–H groups in total. The Morgan fingerprint density at radius 1 is 1.19 bits per heavy atom. The number of nitrogens with zero attached hydrogens (tertiary/aromatic N) is 2. The predicted octanol–water partition coefficient (Wildman–Crippen LogP) is 0.485. The molecule has 0 aromatic heterocycles. The van der Waals surface area contributed by atoms with Crippen LogP contribution in [0.3, 0.4) is 0 Å². The van der Waals surface area contributed by atoms with Crippen molar-refractivity contribution in [3.63, 3.8) is 0 Å². The number of hydrazine groups is 1. The van der Waals surface area contributed by atoms with E-state index in [4.69, 9.17) is 0 Å². The van der Waals surface area contributed by atoms with Crippen LogP contribution in [0.15, 0.2) is 23.1 Å². The second-order valence-corrected chi connectivity index (χ2v) is 7.40. The van der Waals surface area contributed by atoms with Crippen molar-refractivity contribution < 1.29 is 8.42 Å². The van der Waals surface area contributed by atoms with Gasteiger partial charge in [0.1, 0.15) is 0 Å². The van der Waals surface area contributed by atoms with Crippen molar-refractivity contribution in [3.05, 3.63) is 23.8 Å². The molecular formula is C14H22N4O2S. The van der Waals surface area contributed by atoms with E-state index in [0.29, 0.717) is 18.0 Å². The lowest BCUT2D eigenvalue weighted by Crippen LogP contribution is -2.52. The van der Waals surface area contributed by atoms with Crippen LogP contribution >= 0.6 is 0 Å². The van der Waals surface area contributed by atoms with Crippen LogP contribution in [0, 0.1) is 0 Å². The van der Waals surface area contributed by atoms with Gasteiger partial charge in [-0.15, -0.1) is 4.83 Å². The van der Waals surface area contributed by atoms with Crippen LogP contribution in [0.1, 0.15) is 12.0 Å². The van der Waals surface area contributed by atoms with Gasteiger partial charge in [0.25, 0.3) is 10.0 Å². The second-order valence-electron chi connectivity index (χ2n) is 5.73. The molecule has 0 spiro atoms. The summed E-state index contributed by atoms with van der Waals surface area (Å²) in [6.45, 7) is 4.12. The third-order valence-corrected chi connectivity index (χ3v) is 5.45. The van der Waals surface area contributed by atoms with Crippen molar-refractivity contribution in [3.8, 4) is 0 Å². The molecule has 0 unspecified atom stereocenters. The van der Waals surface area contributed by atoms with Gasteiger partial charge in [0.2, 0.25) is 0 Å². The third kappa shape index (κ3) is 3.37. The van der Waals surface area contributed by atoms with Gasteiger partial charge in [-0.25, -0.2) is 13.4 Å². The van der Waals surface area contributed by atoms with Crippen LogP contribution in [-0.4, -0.2) is 58.1 Å². The van der Waals surface area contributed by atoms with Gasteiger partial charge in [0.05, 0.1) is 4.90 Å². The zero-order chi connectivity index (χ0) is 14.9. The fraction of sp³-hybridized carbons (Fsp3) is 0.571. The molecule has 3 rings (SSSR count). The van der Waals surface area contributed by atoms with E-state index >= 15 is 0 Å². The highest BCUT2D eigenvalue weighted by molar-refractivity contribution is 7.89. The molecule has 0 radical (unpaired) electrons. The van der Waals surface area contributed by atoms with Gasteiger partial charge in [-0.05, 0) is 43.7 Å². The van der Waals surface area contributed by atoms with Crippen molar-refractivity contribution in [2.24, 2.45) is 0 Å². The molecule has 1 aromatic carbocycles. The van der Waals surface area contributed by atoms with Gasteiger partial charge < -0.3 is 10.2 Å². The SMILES string of the molecule is CN1CCN(NS(=O)(=O)c2ccc3c(c2)CCCN3)CC1. The molecule has 0 amide bonds. The minimum absolute atomic E-state index is 0.351. The predicted molar refractivity (Wildman–Crippen MR) is 82.6 cm³/mol. The summed E-state index contributed by atoms with van der Waals surface area (Å²) in [6.07, 6.45) is 1.97. The lowest BCUT2D eigenvalue weighted by molar-refractivity contribution is 0.135. The number of aryl methyl sites for hydroxylation is 1. The number of likely N-dealkylation sites (N-methyl/N-ethyl adjacent to an activating group) is 1. The molecule has 2 aliphatic rings. The number of piperazine rings is 1. The standard InChI is InChI=1S/C14H22N4O2S/c1-17-7-9-18(10-8-17)16-21(19,20)13-4-5-14-12(11-13)3-2-6-15-14/h4-5,11,15-16H,2-3,6-10H2,1H3. The van der Waals surface area contributed by atoms with Gasteiger partial charge in [-0.2, -0.15) is 0 Å². The van der Waals surface area contributed by atoms with Crippen LogP contribution in [0.5, 0.6) is 0 Å². The van der Waals surface area contributed by atoms with Crippen molar-refractivity contribution in [1.82, 2.24) is 14.7 Å². The van der Waals surface area contributed by atoms with Crippen molar-refractivity contribution >= 4 is 15.7 Å². The molecule has 2 heterocycles. The minimum atomic E-state index is -3.48. The lowest BCUT2D eigenvalue weighted by atomic mass is 10.0. The Hall–Kier alpha value is -1.15. The lowest BCUT2D eigenvalue weighted by Gasteiger charge is -2.32. The van der Waals surface area contributed by atoms with E-state index in [-0.39, 0.29) is 0 Å². The molecule has 6 nitrogen and oxygen atoms in total. The zero-order valence-corrected chi connectivity index (χ0v) is 13.1. The Balaban J connectivity index is 1.75.